The third-order valence-electron chi connectivity index (χ3n) is 7.12. The Kier molecular flexibility index (Phi) is 8.62. The zero-order valence-corrected chi connectivity index (χ0v) is 22.3. The van der Waals surface area contributed by atoms with Crippen LogP contribution in [0.3, 0.4) is 0 Å². The molecule has 0 saturated heterocycles. The van der Waals surface area contributed by atoms with Gasteiger partial charge >= 0.3 is 0 Å². The molecule has 2 atom stereocenters. The molecule has 2 aliphatic rings. The van der Waals surface area contributed by atoms with E-state index in [0.717, 1.165) is 43.8 Å². The molecule has 4 aromatic rings. The van der Waals surface area contributed by atoms with E-state index in [1.165, 1.54) is 38.3 Å². The van der Waals surface area contributed by atoms with E-state index in [1.807, 2.05) is 18.8 Å². The van der Waals surface area contributed by atoms with Crippen LogP contribution >= 0.6 is 11.8 Å². The van der Waals surface area contributed by atoms with Gasteiger partial charge in [-0.25, -0.2) is 0 Å². The summed E-state index contributed by atoms with van der Waals surface area (Å²) in [6.07, 6.45) is 4.10. The highest BCUT2D eigenvalue weighted by Gasteiger charge is 2.20. The van der Waals surface area contributed by atoms with Crippen LogP contribution in [0, 0.1) is 0 Å². The highest BCUT2D eigenvalue weighted by atomic mass is 32.2. The van der Waals surface area contributed by atoms with E-state index in [2.05, 4.69) is 102 Å². The topological polar surface area (TPSA) is 47.3 Å². The molecule has 0 aromatic heterocycles. The summed E-state index contributed by atoms with van der Waals surface area (Å²) < 4.78 is 5.72. The fraction of sp³-hybridized carbons (Fsp3) is 0.273. The molecule has 0 radical (unpaired) electrons. The maximum atomic E-state index is 6.20. The Balaban J connectivity index is 0.000000152. The van der Waals surface area contributed by atoms with Crippen molar-refractivity contribution in [2.45, 2.75) is 42.7 Å². The average Bonchev–Trinajstić information content (AvgIpc) is 2.95. The van der Waals surface area contributed by atoms with E-state index < -0.39 is 0 Å². The van der Waals surface area contributed by atoms with Crippen molar-refractivity contribution in [3.8, 4) is 5.75 Å². The SMILES string of the molecule is CNC1CCOc2ccc(Cc3ccccc3)cc21.NC1CCSc2ccc(Cc3ccccc3)cc21. The van der Waals surface area contributed by atoms with Gasteiger partial charge in [0.15, 0.2) is 0 Å². The molecule has 4 aromatic carbocycles. The lowest BCUT2D eigenvalue weighted by Crippen LogP contribution is -2.24. The van der Waals surface area contributed by atoms with E-state index in [9.17, 15) is 0 Å². The van der Waals surface area contributed by atoms with Crippen LogP contribution in [0.4, 0.5) is 0 Å². The van der Waals surface area contributed by atoms with E-state index in [-0.39, 0.29) is 6.04 Å². The van der Waals surface area contributed by atoms with Crippen molar-refractivity contribution in [2.75, 3.05) is 19.4 Å². The van der Waals surface area contributed by atoms with Crippen LogP contribution in [-0.4, -0.2) is 19.4 Å². The molecule has 0 aliphatic carbocycles. The number of nitrogens with one attached hydrogen (secondary N) is 1. The summed E-state index contributed by atoms with van der Waals surface area (Å²) in [7, 11) is 2.02. The van der Waals surface area contributed by atoms with Gasteiger partial charge in [-0.3, -0.25) is 0 Å². The minimum absolute atomic E-state index is 0.219. The molecule has 3 nitrogen and oxygen atoms in total. The van der Waals surface area contributed by atoms with Crippen LogP contribution in [-0.2, 0) is 12.8 Å². The van der Waals surface area contributed by atoms with Crippen LogP contribution in [0.2, 0.25) is 0 Å². The maximum Gasteiger partial charge on any atom is 0.124 e. The zero-order chi connectivity index (χ0) is 25.5. The Bertz CT molecular complexity index is 1290. The van der Waals surface area contributed by atoms with Crippen molar-refractivity contribution < 1.29 is 4.74 Å². The van der Waals surface area contributed by atoms with E-state index in [1.54, 1.807) is 0 Å². The largest absolute Gasteiger partial charge is 0.493 e. The first kappa shape index (κ1) is 25.6. The van der Waals surface area contributed by atoms with Crippen molar-refractivity contribution in [3.05, 3.63) is 130 Å². The number of fused-ring (bicyclic) bond motifs is 2. The molecule has 0 spiro atoms. The van der Waals surface area contributed by atoms with Gasteiger partial charge < -0.3 is 15.8 Å². The number of ether oxygens (including phenoxy) is 1. The second-order valence-corrected chi connectivity index (χ2v) is 10.9. The molecule has 0 fully saturated rings. The third-order valence-corrected chi connectivity index (χ3v) is 8.25. The quantitative estimate of drug-likeness (QED) is 0.302. The van der Waals surface area contributed by atoms with Crippen LogP contribution in [0.25, 0.3) is 0 Å². The number of nitrogens with two attached hydrogens (primary N) is 1. The van der Waals surface area contributed by atoms with Crippen LogP contribution in [0.1, 0.15) is 58.3 Å². The number of benzene rings is 4. The fourth-order valence-corrected chi connectivity index (χ4v) is 6.23. The fourth-order valence-electron chi connectivity index (χ4n) is 5.10. The van der Waals surface area contributed by atoms with Gasteiger partial charge in [-0.15, -0.1) is 11.8 Å². The highest BCUT2D eigenvalue weighted by molar-refractivity contribution is 7.99. The van der Waals surface area contributed by atoms with Gasteiger partial charge in [0.1, 0.15) is 5.75 Å². The second-order valence-electron chi connectivity index (χ2n) is 9.79. The van der Waals surface area contributed by atoms with Crippen molar-refractivity contribution in [3.63, 3.8) is 0 Å². The minimum Gasteiger partial charge on any atom is -0.493 e. The van der Waals surface area contributed by atoms with Gasteiger partial charge in [0.25, 0.3) is 0 Å². The smallest absolute Gasteiger partial charge is 0.124 e. The lowest BCUT2D eigenvalue weighted by molar-refractivity contribution is 0.257. The first-order valence-electron chi connectivity index (χ1n) is 13.2. The summed E-state index contributed by atoms with van der Waals surface area (Å²) in [5.41, 5.74) is 14.2. The predicted molar refractivity (Wildman–Crippen MR) is 156 cm³/mol. The van der Waals surface area contributed by atoms with Gasteiger partial charge in [-0.2, -0.15) is 0 Å². The summed E-state index contributed by atoms with van der Waals surface area (Å²) in [6.45, 7) is 0.802. The molecule has 2 aliphatic heterocycles. The van der Waals surface area contributed by atoms with E-state index in [0.29, 0.717) is 6.04 Å². The molecule has 3 N–H and O–H groups in total. The number of rotatable bonds is 5. The molecule has 0 bridgehead atoms. The Hall–Kier alpha value is -3.05. The van der Waals surface area contributed by atoms with Crippen LogP contribution in [0.5, 0.6) is 5.75 Å². The maximum absolute atomic E-state index is 6.20. The summed E-state index contributed by atoms with van der Waals surface area (Å²) in [5.74, 6) is 2.18. The number of hydrogen-bond donors (Lipinski definition) is 2. The van der Waals surface area contributed by atoms with E-state index >= 15 is 0 Å². The lowest BCUT2D eigenvalue weighted by atomic mass is 9.96. The first-order valence-corrected chi connectivity index (χ1v) is 14.2. The lowest BCUT2D eigenvalue weighted by Gasteiger charge is -2.26. The van der Waals surface area contributed by atoms with Crippen LogP contribution < -0.4 is 15.8 Å². The molecule has 37 heavy (non-hydrogen) atoms. The molecular formula is C33H36N2OS. The second kappa shape index (κ2) is 12.5. The monoisotopic (exact) mass is 508 g/mol. The summed E-state index contributed by atoms with van der Waals surface area (Å²) in [5, 5.41) is 3.37. The van der Waals surface area contributed by atoms with Crippen molar-refractivity contribution >= 4 is 11.8 Å². The van der Waals surface area contributed by atoms with Crippen molar-refractivity contribution in [2.24, 2.45) is 5.73 Å². The predicted octanol–water partition coefficient (Wildman–Crippen LogP) is 7.09. The summed E-state index contributed by atoms with van der Waals surface area (Å²) in [4.78, 5) is 1.37. The van der Waals surface area contributed by atoms with Gasteiger partial charge in [0.05, 0.1) is 6.61 Å². The molecule has 0 saturated carbocycles. The first-order chi connectivity index (χ1) is 18.2. The molecule has 4 heteroatoms. The molecule has 2 unspecified atom stereocenters. The van der Waals surface area contributed by atoms with Crippen molar-refractivity contribution in [1.29, 1.82) is 0 Å². The average molecular weight is 509 g/mol. The minimum atomic E-state index is 0.219. The van der Waals surface area contributed by atoms with Gasteiger partial charge in [-0.1, -0.05) is 84.9 Å². The van der Waals surface area contributed by atoms with E-state index in [4.69, 9.17) is 10.5 Å². The van der Waals surface area contributed by atoms with Gasteiger partial charge in [0, 0.05) is 29.0 Å². The van der Waals surface area contributed by atoms with Gasteiger partial charge in [-0.05, 0) is 72.0 Å². The molecule has 2 heterocycles. The van der Waals surface area contributed by atoms with Crippen LogP contribution in [0.15, 0.2) is 102 Å². The Morgan fingerprint density at radius 2 is 1.38 bits per heavy atom. The summed E-state index contributed by atoms with van der Waals surface area (Å²) in [6, 6.07) is 35.1. The Morgan fingerprint density at radius 3 is 2.03 bits per heavy atom. The molecule has 190 valence electrons. The van der Waals surface area contributed by atoms with Gasteiger partial charge in [0.2, 0.25) is 0 Å². The molecule has 6 rings (SSSR count). The molecule has 0 amide bonds. The summed E-state index contributed by atoms with van der Waals surface area (Å²) >= 11 is 1.93. The Labute approximate surface area is 225 Å². The molecular weight excluding hydrogens is 472 g/mol. The number of thioether (sulfide) groups is 1. The third kappa shape index (κ3) is 6.64. The normalized spacial score (nSPS) is 18.0. The Morgan fingerprint density at radius 1 is 0.757 bits per heavy atom. The number of hydrogen-bond acceptors (Lipinski definition) is 4. The zero-order valence-electron chi connectivity index (χ0n) is 21.5. The highest BCUT2D eigenvalue weighted by Crippen LogP contribution is 2.36. The standard InChI is InChI=1S/C17H19NO.C16H17NS/c1-18-16-9-10-19-17-8-7-14(12-15(16)17)11-13-5-3-2-4-6-13;17-15-8-9-18-16-7-6-13(11-14(15)16)10-12-4-2-1-3-5-12/h2-8,12,16,18H,9-11H2,1H3;1-7,11,15H,8-10,17H2. The van der Waals surface area contributed by atoms with Crippen molar-refractivity contribution in [1.82, 2.24) is 5.32 Å².